The summed E-state index contributed by atoms with van der Waals surface area (Å²) in [5.74, 6) is 0. The normalized spacial score (nSPS) is 21.9. The first kappa shape index (κ1) is 15.5. The lowest BCUT2D eigenvalue weighted by atomic mass is 9.90. The third-order valence-electron chi connectivity index (χ3n) is 3.15. The Bertz CT molecular complexity index is 436. The average molecular weight is 286 g/mol. The first-order valence-corrected chi connectivity index (χ1v) is 6.88. The summed E-state index contributed by atoms with van der Waals surface area (Å²) in [5.41, 5.74) is 2.14. The van der Waals surface area contributed by atoms with Gasteiger partial charge >= 0.3 is 0 Å². The van der Waals surface area contributed by atoms with Gasteiger partial charge in [-0.2, -0.15) is 0 Å². The first-order valence-electron chi connectivity index (χ1n) is 6.06. The van der Waals surface area contributed by atoms with Crippen LogP contribution in [-0.4, -0.2) is 30.7 Å². The monoisotopic (exact) mass is 285 g/mol. The molecule has 18 heavy (non-hydrogen) atoms. The largest absolute Gasteiger partial charge is 0.308 e. The maximum absolute atomic E-state index is 12.1. The van der Waals surface area contributed by atoms with E-state index in [0.717, 1.165) is 24.9 Å². The summed E-state index contributed by atoms with van der Waals surface area (Å²) in [6.07, 6.45) is 2.15. The number of likely N-dealkylation sites (N-methyl/N-ethyl adjacent to an activating group) is 1. The molecule has 0 bridgehead atoms. The minimum Gasteiger partial charge on any atom is -0.308 e. The molecule has 1 atom stereocenters. The van der Waals surface area contributed by atoms with Crippen molar-refractivity contribution in [3.05, 3.63) is 35.4 Å². The fourth-order valence-corrected chi connectivity index (χ4v) is 4.20. The molecule has 0 aromatic heterocycles. The molecule has 1 unspecified atom stereocenters. The van der Waals surface area contributed by atoms with Crippen LogP contribution in [0.3, 0.4) is 0 Å². The maximum Gasteiger partial charge on any atom is 0.220 e. The molecule has 1 heterocycles. The third kappa shape index (κ3) is 2.73. The van der Waals surface area contributed by atoms with Gasteiger partial charge in [-0.3, -0.25) is 4.79 Å². The lowest BCUT2D eigenvalue weighted by Gasteiger charge is -2.31. The lowest BCUT2D eigenvalue weighted by molar-refractivity contribution is 0.109. The molecule has 0 amide bonds. The van der Waals surface area contributed by atoms with E-state index >= 15 is 0 Å². The molecule has 0 radical (unpaired) electrons. The number of hydrogen-bond donors (Lipinski definition) is 0. The Hall–Kier alpha value is -0.510. The number of benzene rings is 1. The fraction of sp³-hybridized carbons (Fsp3) is 0.500. The van der Waals surface area contributed by atoms with E-state index in [1.807, 2.05) is 18.2 Å². The molecular formula is C14H20ClNOS. The molecule has 4 heteroatoms. The summed E-state index contributed by atoms with van der Waals surface area (Å²) in [7, 11) is 4.15. The van der Waals surface area contributed by atoms with Gasteiger partial charge in [0.05, 0.1) is 4.75 Å². The van der Waals surface area contributed by atoms with Crippen molar-refractivity contribution in [3.8, 4) is 0 Å². The number of hydrogen-bond acceptors (Lipinski definition) is 3. The predicted molar refractivity (Wildman–Crippen MR) is 80.8 cm³/mol. The molecule has 2 rings (SSSR count). The van der Waals surface area contributed by atoms with Crippen molar-refractivity contribution in [1.29, 1.82) is 0 Å². The van der Waals surface area contributed by atoms with Gasteiger partial charge in [-0.15, -0.1) is 12.4 Å². The van der Waals surface area contributed by atoms with E-state index in [1.54, 1.807) is 0 Å². The van der Waals surface area contributed by atoms with Crippen LogP contribution >= 0.6 is 24.2 Å². The van der Waals surface area contributed by atoms with Gasteiger partial charge in [-0.05, 0) is 26.1 Å². The average Bonchev–Trinajstić information content (AvgIpc) is 2.53. The molecular weight excluding hydrogens is 266 g/mol. The zero-order valence-electron chi connectivity index (χ0n) is 11.1. The van der Waals surface area contributed by atoms with E-state index in [0.29, 0.717) is 0 Å². The van der Waals surface area contributed by atoms with Gasteiger partial charge in [0.1, 0.15) is 0 Å². The van der Waals surface area contributed by atoms with E-state index in [9.17, 15) is 4.79 Å². The van der Waals surface area contributed by atoms with Gasteiger partial charge in [0.15, 0.2) is 0 Å². The van der Waals surface area contributed by atoms with Crippen molar-refractivity contribution < 1.29 is 4.79 Å². The highest BCUT2D eigenvalue weighted by atomic mass is 35.5. The topological polar surface area (TPSA) is 20.3 Å². The molecule has 100 valence electrons. The van der Waals surface area contributed by atoms with Crippen molar-refractivity contribution in [2.75, 3.05) is 20.6 Å². The molecule has 0 spiro atoms. The Kier molecular flexibility index (Phi) is 5.26. The summed E-state index contributed by atoms with van der Waals surface area (Å²) in [4.78, 5) is 14.3. The molecule has 1 aromatic rings. The Balaban J connectivity index is 0.00000162. The second kappa shape index (κ2) is 6.09. The molecule has 2 nitrogen and oxygen atoms in total. The molecule has 1 aromatic carbocycles. The quantitative estimate of drug-likeness (QED) is 0.844. The highest BCUT2D eigenvalue weighted by Gasteiger charge is 2.43. The smallest absolute Gasteiger partial charge is 0.220 e. The molecule has 0 saturated carbocycles. The van der Waals surface area contributed by atoms with Gasteiger partial charge < -0.3 is 4.90 Å². The number of carbonyl (C=O) groups excluding carboxylic acids is 1. The van der Waals surface area contributed by atoms with Crippen LogP contribution in [0.4, 0.5) is 0 Å². The van der Waals surface area contributed by atoms with Crippen molar-refractivity contribution in [3.63, 3.8) is 0 Å². The van der Waals surface area contributed by atoms with Gasteiger partial charge in [0.2, 0.25) is 5.12 Å². The number of nitrogens with zero attached hydrogens (tertiary/aromatic N) is 1. The third-order valence-corrected chi connectivity index (χ3v) is 4.50. The summed E-state index contributed by atoms with van der Waals surface area (Å²) >= 11 is 1.51. The van der Waals surface area contributed by atoms with E-state index in [2.05, 4.69) is 32.0 Å². The van der Waals surface area contributed by atoms with E-state index in [4.69, 9.17) is 0 Å². The van der Waals surface area contributed by atoms with Gasteiger partial charge in [0.25, 0.3) is 0 Å². The number of thioether (sulfide) groups is 1. The summed E-state index contributed by atoms with van der Waals surface area (Å²) in [5, 5.41) is 0.232. The SMILES string of the molecule is CCCC1(CN(C)C)SC(=O)c2ccccc21.Cl. The Labute approximate surface area is 120 Å². The molecule has 0 aliphatic carbocycles. The number of carbonyl (C=O) groups is 1. The van der Waals surface area contributed by atoms with Crippen LogP contribution in [0.15, 0.2) is 24.3 Å². The Morgan fingerprint density at radius 1 is 1.28 bits per heavy atom. The van der Waals surface area contributed by atoms with E-state index in [-0.39, 0.29) is 22.3 Å². The van der Waals surface area contributed by atoms with Crippen LogP contribution in [-0.2, 0) is 4.75 Å². The van der Waals surface area contributed by atoms with E-state index < -0.39 is 0 Å². The second-order valence-electron chi connectivity index (χ2n) is 4.92. The zero-order valence-corrected chi connectivity index (χ0v) is 12.7. The van der Waals surface area contributed by atoms with Crippen molar-refractivity contribution in [1.82, 2.24) is 4.90 Å². The zero-order chi connectivity index (χ0) is 12.5. The fourth-order valence-electron chi connectivity index (χ4n) is 2.64. The van der Waals surface area contributed by atoms with Crippen molar-refractivity contribution >= 4 is 29.3 Å². The number of rotatable bonds is 4. The van der Waals surface area contributed by atoms with Crippen LogP contribution in [0.5, 0.6) is 0 Å². The summed E-state index contributed by atoms with van der Waals surface area (Å²) in [6.45, 7) is 3.11. The van der Waals surface area contributed by atoms with Gasteiger partial charge in [-0.25, -0.2) is 0 Å². The van der Waals surface area contributed by atoms with Crippen LogP contribution in [0.25, 0.3) is 0 Å². The highest BCUT2D eigenvalue weighted by molar-refractivity contribution is 8.15. The maximum atomic E-state index is 12.1. The highest BCUT2D eigenvalue weighted by Crippen LogP contribution is 2.50. The number of fused-ring (bicyclic) bond motifs is 1. The summed E-state index contributed by atoms with van der Waals surface area (Å²) in [6, 6.07) is 8.07. The minimum absolute atomic E-state index is 0. The Morgan fingerprint density at radius 2 is 1.94 bits per heavy atom. The second-order valence-corrected chi connectivity index (χ2v) is 6.27. The predicted octanol–water partition coefficient (Wildman–Crippen LogP) is 3.55. The number of halogens is 1. The van der Waals surface area contributed by atoms with Crippen LogP contribution in [0, 0.1) is 0 Å². The molecule has 0 N–H and O–H groups in total. The standard InChI is InChI=1S/C14H19NOS.ClH/c1-4-9-14(10-15(2)3)12-8-6-5-7-11(12)13(16)17-14;/h5-8H,4,9-10H2,1-3H3;1H. The molecule has 1 aliphatic rings. The summed E-state index contributed by atoms with van der Waals surface area (Å²) < 4.78 is -0.0358. The van der Waals surface area contributed by atoms with Gasteiger partial charge in [-0.1, -0.05) is 49.4 Å². The molecule has 1 aliphatic heterocycles. The van der Waals surface area contributed by atoms with Gasteiger partial charge in [0, 0.05) is 12.1 Å². The van der Waals surface area contributed by atoms with Crippen LogP contribution in [0.1, 0.15) is 35.7 Å². The molecule has 0 saturated heterocycles. The van der Waals surface area contributed by atoms with Crippen molar-refractivity contribution in [2.24, 2.45) is 0 Å². The first-order chi connectivity index (χ1) is 8.09. The van der Waals surface area contributed by atoms with E-state index in [1.165, 1.54) is 17.3 Å². The van der Waals surface area contributed by atoms with Crippen molar-refractivity contribution in [2.45, 2.75) is 24.5 Å². The minimum atomic E-state index is -0.0358. The molecule has 0 fully saturated rings. The van der Waals surface area contributed by atoms with Crippen LogP contribution < -0.4 is 0 Å². The Morgan fingerprint density at radius 3 is 2.56 bits per heavy atom. The lowest BCUT2D eigenvalue weighted by Crippen LogP contribution is -2.33. The van der Waals surface area contributed by atoms with Crippen LogP contribution in [0.2, 0.25) is 0 Å².